The van der Waals surface area contributed by atoms with E-state index < -0.39 is 0 Å². The fraction of sp³-hybridized carbons (Fsp3) is 0.176. The summed E-state index contributed by atoms with van der Waals surface area (Å²) in [6, 6.07) is 13.7. The first kappa shape index (κ1) is 16.4. The molecule has 0 amide bonds. The van der Waals surface area contributed by atoms with Gasteiger partial charge in [-0.1, -0.05) is 18.2 Å². The zero-order valence-electron chi connectivity index (χ0n) is 14.1. The highest BCUT2D eigenvalue weighted by Crippen LogP contribution is 2.11. The van der Waals surface area contributed by atoms with Crippen LogP contribution in [-0.2, 0) is 13.2 Å². The minimum Gasteiger partial charge on any atom is -0.283 e. The second-order valence-corrected chi connectivity index (χ2v) is 6.83. The summed E-state index contributed by atoms with van der Waals surface area (Å²) in [5.41, 5.74) is 1.81. The van der Waals surface area contributed by atoms with Gasteiger partial charge in [-0.15, -0.1) is 11.3 Å². The maximum absolute atomic E-state index is 12.4. The third-order valence-corrected chi connectivity index (χ3v) is 4.68. The van der Waals surface area contributed by atoms with Gasteiger partial charge in [-0.25, -0.2) is 9.48 Å². The number of benzene rings is 1. The molecular formula is C17H17N7OS. The van der Waals surface area contributed by atoms with Crippen molar-refractivity contribution in [3.63, 3.8) is 0 Å². The summed E-state index contributed by atoms with van der Waals surface area (Å²) in [5, 5.41) is 15.0. The van der Waals surface area contributed by atoms with Gasteiger partial charge in [-0.3, -0.25) is 4.90 Å². The second kappa shape index (κ2) is 7.06. The molecule has 4 aromatic rings. The smallest absolute Gasteiger partial charge is 0.283 e. The fourth-order valence-electron chi connectivity index (χ4n) is 2.65. The van der Waals surface area contributed by atoms with Crippen molar-refractivity contribution >= 4 is 11.3 Å². The van der Waals surface area contributed by atoms with E-state index in [1.807, 2.05) is 76.9 Å². The number of hydrogen-bond acceptors (Lipinski definition) is 6. The van der Waals surface area contributed by atoms with E-state index in [9.17, 15) is 4.79 Å². The predicted molar refractivity (Wildman–Crippen MR) is 98.5 cm³/mol. The second-order valence-electron chi connectivity index (χ2n) is 5.91. The molecule has 0 fully saturated rings. The molecule has 0 spiro atoms. The summed E-state index contributed by atoms with van der Waals surface area (Å²) >= 11 is 1.45. The summed E-state index contributed by atoms with van der Waals surface area (Å²) in [7, 11) is 1.93. The highest BCUT2D eigenvalue weighted by atomic mass is 32.1. The summed E-state index contributed by atoms with van der Waals surface area (Å²) in [5.74, 6) is 0. The number of para-hydroxylation sites is 1. The van der Waals surface area contributed by atoms with Gasteiger partial charge in [0.15, 0.2) is 0 Å². The first-order chi connectivity index (χ1) is 12.7. The topological polar surface area (TPSA) is 73.8 Å². The van der Waals surface area contributed by atoms with Crippen molar-refractivity contribution in [3.05, 3.63) is 76.3 Å². The van der Waals surface area contributed by atoms with E-state index in [-0.39, 0.29) is 5.69 Å². The molecule has 0 aliphatic heterocycles. The highest BCUT2D eigenvalue weighted by molar-refractivity contribution is 7.12. The van der Waals surface area contributed by atoms with Crippen molar-refractivity contribution in [2.24, 2.45) is 0 Å². The van der Waals surface area contributed by atoms with Crippen LogP contribution in [0.15, 0.2) is 65.0 Å². The van der Waals surface area contributed by atoms with E-state index >= 15 is 0 Å². The van der Waals surface area contributed by atoms with Crippen LogP contribution in [0.1, 0.15) is 5.56 Å². The molecule has 0 atom stereocenters. The number of hydrogen-bond donors (Lipinski definition) is 0. The van der Waals surface area contributed by atoms with Gasteiger partial charge in [-0.2, -0.15) is 14.5 Å². The van der Waals surface area contributed by atoms with Gasteiger partial charge >= 0.3 is 5.69 Å². The molecule has 132 valence electrons. The average molecular weight is 367 g/mol. The first-order valence-corrected chi connectivity index (χ1v) is 8.93. The molecule has 0 aliphatic rings. The van der Waals surface area contributed by atoms with Crippen LogP contribution >= 0.6 is 11.3 Å². The van der Waals surface area contributed by atoms with Gasteiger partial charge in [0, 0.05) is 18.3 Å². The highest BCUT2D eigenvalue weighted by Gasteiger charge is 2.12. The lowest BCUT2D eigenvalue weighted by molar-refractivity contribution is 0.239. The Labute approximate surface area is 153 Å². The van der Waals surface area contributed by atoms with Crippen LogP contribution in [0.2, 0.25) is 0 Å². The Morgan fingerprint density at radius 2 is 1.96 bits per heavy atom. The maximum Gasteiger partial charge on any atom is 0.370 e. The Morgan fingerprint density at radius 3 is 2.73 bits per heavy atom. The van der Waals surface area contributed by atoms with Crippen molar-refractivity contribution in [3.8, 4) is 10.7 Å². The lowest BCUT2D eigenvalue weighted by Crippen LogP contribution is -2.31. The number of thiophene rings is 1. The maximum atomic E-state index is 12.4. The van der Waals surface area contributed by atoms with Crippen molar-refractivity contribution in [2.45, 2.75) is 13.2 Å². The number of aromatic nitrogens is 6. The van der Waals surface area contributed by atoms with E-state index in [0.717, 1.165) is 16.3 Å². The Balaban J connectivity index is 1.44. The third-order valence-electron chi connectivity index (χ3n) is 3.84. The Kier molecular flexibility index (Phi) is 4.46. The molecule has 26 heavy (non-hydrogen) atoms. The molecule has 0 saturated heterocycles. The Morgan fingerprint density at radius 1 is 1.12 bits per heavy atom. The van der Waals surface area contributed by atoms with E-state index in [1.54, 1.807) is 0 Å². The minimum absolute atomic E-state index is 0.251. The largest absolute Gasteiger partial charge is 0.370 e. The van der Waals surface area contributed by atoms with Gasteiger partial charge in [0.1, 0.15) is 11.7 Å². The quantitative estimate of drug-likeness (QED) is 0.519. The van der Waals surface area contributed by atoms with E-state index in [1.165, 1.54) is 20.7 Å². The molecule has 8 nitrogen and oxygen atoms in total. The molecule has 3 aromatic heterocycles. The molecule has 9 heteroatoms. The molecule has 0 N–H and O–H groups in total. The first-order valence-electron chi connectivity index (χ1n) is 8.05. The fourth-order valence-corrected chi connectivity index (χ4v) is 3.31. The molecule has 0 radical (unpaired) electrons. The summed E-state index contributed by atoms with van der Waals surface area (Å²) in [4.78, 5) is 14.4. The van der Waals surface area contributed by atoms with Gasteiger partial charge in [0.2, 0.25) is 0 Å². The molecule has 4 rings (SSSR count). The van der Waals surface area contributed by atoms with Gasteiger partial charge in [0.25, 0.3) is 0 Å². The third kappa shape index (κ3) is 3.35. The molecule has 1 aromatic carbocycles. The van der Waals surface area contributed by atoms with Crippen LogP contribution in [0.3, 0.4) is 0 Å². The molecule has 0 saturated carbocycles. The molecule has 0 bridgehead atoms. The molecule has 3 heterocycles. The monoisotopic (exact) mass is 367 g/mol. The van der Waals surface area contributed by atoms with Crippen molar-refractivity contribution in [1.82, 2.24) is 34.5 Å². The van der Waals surface area contributed by atoms with Crippen molar-refractivity contribution < 1.29 is 0 Å². The van der Waals surface area contributed by atoms with Crippen LogP contribution in [0, 0.1) is 0 Å². The minimum atomic E-state index is -0.251. The van der Waals surface area contributed by atoms with Crippen molar-refractivity contribution in [1.29, 1.82) is 0 Å². The molecule has 0 aliphatic carbocycles. The standard InChI is InChI=1S/C17H17N7OS/c1-21(11-14-10-18-22(12-14)15-6-3-2-4-7-15)13-23-17(25)24(20-19-23)16-8-5-9-26-16/h2-10,12H,11,13H2,1H3. The van der Waals surface area contributed by atoms with Crippen LogP contribution in [0.25, 0.3) is 10.7 Å². The number of nitrogens with zero attached hydrogens (tertiary/aromatic N) is 7. The Hall–Kier alpha value is -3.04. The van der Waals surface area contributed by atoms with Crippen LogP contribution in [0.5, 0.6) is 0 Å². The summed E-state index contributed by atoms with van der Waals surface area (Å²) in [6.07, 6.45) is 3.81. The zero-order chi connectivity index (χ0) is 17.9. The van der Waals surface area contributed by atoms with Crippen LogP contribution in [0.4, 0.5) is 0 Å². The van der Waals surface area contributed by atoms with E-state index in [0.29, 0.717) is 13.2 Å². The number of tetrazole rings is 1. The normalized spacial score (nSPS) is 11.3. The van der Waals surface area contributed by atoms with Gasteiger partial charge in [-0.05, 0) is 47.1 Å². The number of rotatable bonds is 6. The lowest BCUT2D eigenvalue weighted by Gasteiger charge is -2.13. The SMILES string of the molecule is CN(Cc1cnn(-c2ccccc2)c1)Cn1nnn(-c2cccs2)c1=O. The van der Waals surface area contributed by atoms with Crippen molar-refractivity contribution in [2.75, 3.05) is 7.05 Å². The summed E-state index contributed by atoms with van der Waals surface area (Å²) < 4.78 is 4.50. The van der Waals surface area contributed by atoms with E-state index in [4.69, 9.17) is 0 Å². The van der Waals surface area contributed by atoms with Gasteiger partial charge in [0.05, 0.1) is 11.9 Å². The van der Waals surface area contributed by atoms with Crippen LogP contribution < -0.4 is 5.69 Å². The van der Waals surface area contributed by atoms with Crippen LogP contribution in [-0.4, -0.2) is 41.5 Å². The lowest BCUT2D eigenvalue weighted by atomic mass is 10.3. The average Bonchev–Trinajstić information content (AvgIpc) is 3.39. The molecule has 0 unspecified atom stereocenters. The summed E-state index contributed by atoms with van der Waals surface area (Å²) in [6.45, 7) is 0.992. The van der Waals surface area contributed by atoms with Gasteiger partial charge < -0.3 is 0 Å². The Bertz CT molecular complexity index is 1030. The van der Waals surface area contributed by atoms with E-state index in [2.05, 4.69) is 15.5 Å². The predicted octanol–water partition coefficient (Wildman–Crippen LogP) is 1.77. The zero-order valence-corrected chi connectivity index (χ0v) is 15.0. The molecular weight excluding hydrogens is 350 g/mol.